The second-order valence-corrected chi connectivity index (χ2v) is 13.5. The van der Waals surface area contributed by atoms with Gasteiger partial charge in [0.25, 0.3) is 15.7 Å². The second-order valence-electron chi connectivity index (χ2n) is 11.2. The van der Waals surface area contributed by atoms with Gasteiger partial charge in [-0.05, 0) is 63.4 Å². The number of nitrogens with zero attached hydrogens (tertiary/aromatic N) is 3. The highest BCUT2D eigenvalue weighted by Crippen LogP contribution is 2.36. The molecular weight excluding hydrogens is 620 g/mol. The molecule has 0 heterocycles. The number of nitro groups is 1. The number of anilines is 1. The standard InChI is InChI=1S/C32H37ClN4O7S/c1-21-9-12-24(13-10-21)19-35(23(3)32(39)34-26-7-5-6-8-26)31(38)20-36(29-17-25(33)14-16-30(29)44-4)45(42,43)27-15-11-22(2)28(18-27)37(40)41/h9-18,23,26H,5-8,19-20H2,1-4H3,(H,34,39)/t23-/m1/s1. The van der Waals surface area contributed by atoms with Crippen molar-refractivity contribution in [2.45, 2.75) is 70.0 Å². The molecule has 1 atom stereocenters. The number of halogens is 1. The van der Waals surface area contributed by atoms with Gasteiger partial charge in [0.05, 0.1) is 22.6 Å². The topological polar surface area (TPSA) is 139 Å². The van der Waals surface area contributed by atoms with Crippen molar-refractivity contribution in [3.05, 3.63) is 92.5 Å². The minimum absolute atomic E-state index is 0.0150. The average molecular weight is 657 g/mol. The molecule has 2 amide bonds. The monoisotopic (exact) mass is 656 g/mol. The van der Waals surface area contributed by atoms with Crippen molar-refractivity contribution in [1.82, 2.24) is 10.2 Å². The molecule has 4 rings (SSSR count). The predicted octanol–water partition coefficient (Wildman–Crippen LogP) is 5.55. The van der Waals surface area contributed by atoms with E-state index in [1.165, 1.54) is 49.3 Å². The normalized spacial score (nSPS) is 14.1. The molecule has 3 aromatic carbocycles. The lowest BCUT2D eigenvalue weighted by Crippen LogP contribution is -2.52. The van der Waals surface area contributed by atoms with E-state index >= 15 is 0 Å². The largest absolute Gasteiger partial charge is 0.495 e. The van der Waals surface area contributed by atoms with Gasteiger partial charge in [-0.3, -0.25) is 24.0 Å². The molecule has 0 radical (unpaired) electrons. The Labute approximate surface area is 268 Å². The molecule has 45 heavy (non-hydrogen) atoms. The third-order valence-electron chi connectivity index (χ3n) is 8.00. The Morgan fingerprint density at radius 1 is 1.07 bits per heavy atom. The van der Waals surface area contributed by atoms with E-state index in [0.29, 0.717) is 0 Å². The van der Waals surface area contributed by atoms with Gasteiger partial charge in [-0.2, -0.15) is 0 Å². The number of hydrogen-bond acceptors (Lipinski definition) is 7. The Bertz CT molecular complexity index is 1680. The van der Waals surface area contributed by atoms with Gasteiger partial charge in [0.1, 0.15) is 18.3 Å². The Morgan fingerprint density at radius 2 is 1.73 bits per heavy atom. The lowest BCUT2D eigenvalue weighted by Gasteiger charge is -2.33. The number of hydrogen-bond donors (Lipinski definition) is 1. The molecule has 1 N–H and O–H groups in total. The maximum Gasteiger partial charge on any atom is 0.273 e. The second kappa shape index (κ2) is 14.3. The van der Waals surface area contributed by atoms with Crippen LogP contribution in [0.2, 0.25) is 5.02 Å². The highest BCUT2D eigenvalue weighted by Gasteiger charge is 2.35. The summed E-state index contributed by atoms with van der Waals surface area (Å²) in [5.74, 6) is -0.905. The van der Waals surface area contributed by atoms with Gasteiger partial charge in [0.15, 0.2) is 0 Å². The predicted molar refractivity (Wildman–Crippen MR) is 172 cm³/mol. The molecule has 1 aliphatic rings. The van der Waals surface area contributed by atoms with Crippen LogP contribution in [0.25, 0.3) is 0 Å². The van der Waals surface area contributed by atoms with Crippen LogP contribution in [-0.4, -0.2) is 55.8 Å². The van der Waals surface area contributed by atoms with Crippen molar-refractivity contribution in [3.8, 4) is 5.75 Å². The fraction of sp³-hybridized carbons (Fsp3) is 0.375. The summed E-state index contributed by atoms with van der Waals surface area (Å²) in [4.78, 5) is 39.6. The van der Waals surface area contributed by atoms with Gasteiger partial charge < -0.3 is 15.0 Å². The van der Waals surface area contributed by atoms with Crippen molar-refractivity contribution in [3.63, 3.8) is 0 Å². The zero-order chi connectivity index (χ0) is 32.9. The number of rotatable bonds is 12. The molecule has 1 saturated carbocycles. The number of methoxy groups -OCH3 is 1. The van der Waals surface area contributed by atoms with E-state index < -0.39 is 44.0 Å². The summed E-state index contributed by atoms with van der Waals surface area (Å²) >= 11 is 6.28. The quantitative estimate of drug-likeness (QED) is 0.199. The van der Waals surface area contributed by atoms with Crippen molar-refractivity contribution >= 4 is 44.8 Å². The van der Waals surface area contributed by atoms with Crippen LogP contribution >= 0.6 is 11.6 Å². The van der Waals surface area contributed by atoms with Gasteiger partial charge in [0.2, 0.25) is 11.8 Å². The van der Waals surface area contributed by atoms with E-state index in [1.807, 2.05) is 31.2 Å². The van der Waals surface area contributed by atoms with E-state index in [4.69, 9.17) is 16.3 Å². The van der Waals surface area contributed by atoms with Crippen molar-refractivity contribution in [2.75, 3.05) is 18.0 Å². The van der Waals surface area contributed by atoms with E-state index in [9.17, 15) is 28.1 Å². The number of benzene rings is 3. The molecule has 11 nitrogen and oxygen atoms in total. The number of nitro benzene ring substituents is 1. The Hall–Kier alpha value is -4.16. The van der Waals surface area contributed by atoms with Crippen molar-refractivity contribution in [2.24, 2.45) is 0 Å². The van der Waals surface area contributed by atoms with E-state index in [-0.39, 0.29) is 40.5 Å². The van der Waals surface area contributed by atoms with Gasteiger partial charge in [-0.25, -0.2) is 8.42 Å². The first-order valence-electron chi connectivity index (χ1n) is 14.6. The summed E-state index contributed by atoms with van der Waals surface area (Å²) in [6, 6.07) is 14.4. The minimum atomic E-state index is -4.61. The van der Waals surface area contributed by atoms with E-state index in [2.05, 4.69) is 5.32 Å². The minimum Gasteiger partial charge on any atom is -0.495 e. The molecule has 3 aromatic rings. The summed E-state index contributed by atoms with van der Waals surface area (Å²) in [7, 11) is -3.26. The van der Waals surface area contributed by atoms with Gasteiger partial charge in [-0.15, -0.1) is 0 Å². The van der Waals surface area contributed by atoms with E-state index in [0.717, 1.165) is 47.2 Å². The number of carbonyl (C=O) groups excluding carboxylic acids is 2. The lowest BCUT2D eigenvalue weighted by atomic mass is 10.1. The van der Waals surface area contributed by atoms with Gasteiger partial charge in [-0.1, -0.05) is 60.3 Å². The van der Waals surface area contributed by atoms with Gasteiger partial charge in [0, 0.05) is 29.2 Å². The van der Waals surface area contributed by atoms with Gasteiger partial charge >= 0.3 is 0 Å². The first kappa shape index (κ1) is 33.7. The van der Waals surface area contributed by atoms with E-state index in [1.54, 1.807) is 6.92 Å². The zero-order valence-electron chi connectivity index (χ0n) is 25.7. The summed E-state index contributed by atoms with van der Waals surface area (Å²) in [6.45, 7) is 4.33. The smallest absolute Gasteiger partial charge is 0.273 e. The molecular formula is C32H37ClN4O7S. The third kappa shape index (κ3) is 7.93. The molecule has 0 spiro atoms. The number of nitrogens with one attached hydrogen (secondary N) is 1. The van der Waals surface area contributed by atoms with Crippen molar-refractivity contribution < 1.29 is 27.7 Å². The molecule has 0 aliphatic heterocycles. The summed E-state index contributed by atoms with van der Waals surface area (Å²) < 4.78 is 34.7. The van der Waals surface area contributed by atoms with Crippen LogP contribution in [0.4, 0.5) is 11.4 Å². The lowest BCUT2D eigenvalue weighted by molar-refractivity contribution is -0.385. The average Bonchev–Trinajstić information content (AvgIpc) is 3.52. The molecule has 13 heteroatoms. The fourth-order valence-corrected chi connectivity index (χ4v) is 6.91. The maximum absolute atomic E-state index is 14.2. The van der Waals surface area contributed by atoms with Crippen LogP contribution in [-0.2, 0) is 26.2 Å². The fourth-order valence-electron chi connectivity index (χ4n) is 5.31. The molecule has 0 aromatic heterocycles. The summed E-state index contributed by atoms with van der Waals surface area (Å²) in [5.41, 5.74) is 1.60. The van der Waals surface area contributed by atoms with Crippen LogP contribution in [0.5, 0.6) is 5.75 Å². The highest BCUT2D eigenvalue weighted by atomic mass is 35.5. The Balaban J connectivity index is 1.78. The molecule has 0 unspecified atom stereocenters. The number of sulfonamides is 1. The summed E-state index contributed by atoms with van der Waals surface area (Å²) in [6.07, 6.45) is 3.73. The van der Waals surface area contributed by atoms with Crippen LogP contribution < -0.4 is 14.4 Å². The maximum atomic E-state index is 14.2. The van der Waals surface area contributed by atoms with Crippen LogP contribution in [0.1, 0.15) is 49.3 Å². The highest BCUT2D eigenvalue weighted by molar-refractivity contribution is 7.92. The molecule has 0 saturated heterocycles. The first-order valence-corrected chi connectivity index (χ1v) is 16.4. The molecule has 0 bridgehead atoms. The number of ether oxygens (including phenoxy) is 1. The van der Waals surface area contributed by atoms with Crippen LogP contribution in [0.3, 0.4) is 0 Å². The first-order chi connectivity index (χ1) is 21.3. The van der Waals surface area contributed by atoms with Crippen LogP contribution in [0, 0.1) is 24.0 Å². The number of aryl methyl sites for hydroxylation is 2. The SMILES string of the molecule is COc1ccc(Cl)cc1N(CC(=O)N(Cc1ccc(C)cc1)[C@H](C)C(=O)NC1CCCC1)S(=O)(=O)c1ccc(C)c([N+](=O)[O-])c1. The van der Waals surface area contributed by atoms with Crippen LogP contribution in [0.15, 0.2) is 65.6 Å². The molecule has 1 aliphatic carbocycles. The Morgan fingerprint density at radius 3 is 2.36 bits per heavy atom. The Kier molecular flexibility index (Phi) is 10.7. The number of amides is 2. The zero-order valence-corrected chi connectivity index (χ0v) is 27.2. The third-order valence-corrected chi connectivity index (χ3v) is 9.99. The summed E-state index contributed by atoms with van der Waals surface area (Å²) in [5, 5.41) is 14.9. The van der Waals surface area contributed by atoms with Crippen molar-refractivity contribution in [1.29, 1.82) is 0 Å². The molecule has 240 valence electrons. The molecule has 1 fully saturated rings. The number of carbonyl (C=O) groups is 2.